The van der Waals surface area contributed by atoms with Crippen molar-refractivity contribution in [3.63, 3.8) is 0 Å². The summed E-state index contributed by atoms with van der Waals surface area (Å²) < 4.78 is 45.8. The summed E-state index contributed by atoms with van der Waals surface area (Å²) in [5, 5.41) is 17.3. The van der Waals surface area contributed by atoms with Gasteiger partial charge in [-0.25, -0.2) is 4.68 Å². The van der Waals surface area contributed by atoms with Crippen LogP contribution in [0.25, 0.3) is 0 Å². The number of hydrogen-bond donors (Lipinski definition) is 1. The Hall–Kier alpha value is -2.71. The quantitative estimate of drug-likeness (QED) is 0.923. The molecule has 1 N–H and O–H groups in total. The van der Waals surface area contributed by atoms with Crippen LogP contribution in [0.1, 0.15) is 34.6 Å². The van der Waals surface area contributed by atoms with E-state index in [0.717, 1.165) is 6.07 Å². The van der Waals surface area contributed by atoms with Crippen LogP contribution in [0.2, 0.25) is 0 Å². The highest BCUT2D eigenvalue weighted by Gasteiger charge is 2.46. The highest BCUT2D eigenvalue weighted by atomic mass is 19.4. The highest BCUT2D eigenvalue weighted by molar-refractivity contribution is 5.84. The summed E-state index contributed by atoms with van der Waals surface area (Å²) >= 11 is 0. The molecule has 9 heteroatoms. The second-order valence-corrected chi connectivity index (χ2v) is 5.41. The van der Waals surface area contributed by atoms with E-state index in [9.17, 15) is 23.1 Å². The van der Waals surface area contributed by atoms with Crippen LogP contribution in [0.3, 0.4) is 0 Å². The van der Waals surface area contributed by atoms with Crippen molar-refractivity contribution in [2.75, 3.05) is 12.4 Å². The molecular weight excluding hydrogens is 327 g/mol. The molecule has 1 aliphatic heterocycles. The van der Waals surface area contributed by atoms with E-state index in [1.807, 2.05) is 0 Å². The van der Waals surface area contributed by atoms with Crippen molar-refractivity contribution in [3.05, 3.63) is 41.6 Å². The van der Waals surface area contributed by atoms with E-state index in [2.05, 4.69) is 10.4 Å². The van der Waals surface area contributed by atoms with Crippen LogP contribution in [-0.4, -0.2) is 29.0 Å². The van der Waals surface area contributed by atoms with E-state index in [1.54, 1.807) is 24.3 Å². The van der Waals surface area contributed by atoms with E-state index < -0.39 is 29.9 Å². The minimum Gasteiger partial charge on any atom is -0.543 e. The van der Waals surface area contributed by atoms with Crippen molar-refractivity contribution in [1.82, 2.24) is 9.78 Å². The van der Waals surface area contributed by atoms with E-state index >= 15 is 0 Å². The van der Waals surface area contributed by atoms with Gasteiger partial charge in [0.25, 0.3) is 0 Å². The Kier molecular flexibility index (Phi) is 3.86. The van der Waals surface area contributed by atoms with Gasteiger partial charge in [0.05, 0.1) is 19.1 Å². The van der Waals surface area contributed by atoms with E-state index in [1.165, 1.54) is 7.11 Å². The molecule has 1 aliphatic rings. The third-order valence-electron chi connectivity index (χ3n) is 3.92. The number of fused-ring (bicyclic) bond motifs is 1. The average molecular weight is 340 g/mol. The van der Waals surface area contributed by atoms with Crippen molar-refractivity contribution in [2.24, 2.45) is 0 Å². The molecule has 0 saturated heterocycles. The summed E-state index contributed by atoms with van der Waals surface area (Å²) in [4.78, 5) is 10.9. The molecule has 128 valence electrons. The third-order valence-corrected chi connectivity index (χ3v) is 3.92. The van der Waals surface area contributed by atoms with Gasteiger partial charge in [0.2, 0.25) is 0 Å². The molecule has 2 aromatic rings. The maximum Gasteiger partial charge on any atom is 0.410 e. The fraction of sp³-hybridized carbons (Fsp3) is 0.333. The zero-order valence-electron chi connectivity index (χ0n) is 12.5. The molecule has 0 unspecified atom stereocenters. The van der Waals surface area contributed by atoms with E-state index in [0.29, 0.717) is 16.0 Å². The molecule has 2 heterocycles. The first kappa shape index (κ1) is 16.2. The number of benzene rings is 1. The van der Waals surface area contributed by atoms with Gasteiger partial charge in [-0.2, -0.15) is 18.3 Å². The number of carboxylic acids is 1. The van der Waals surface area contributed by atoms with Gasteiger partial charge in [-0.1, -0.05) is 12.1 Å². The molecule has 0 aliphatic carbocycles. The van der Waals surface area contributed by atoms with Gasteiger partial charge in [-0.15, -0.1) is 0 Å². The number of nitrogens with one attached hydrogen (secondary N) is 1. The molecule has 0 bridgehead atoms. The van der Waals surface area contributed by atoms with Crippen LogP contribution in [0.5, 0.6) is 5.75 Å². The van der Waals surface area contributed by atoms with Gasteiger partial charge in [-0.05, 0) is 17.7 Å². The summed E-state index contributed by atoms with van der Waals surface area (Å²) in [5.74, 6) is -1.05. The Labute approximate surface area is 134 Å². The molecule has 6 nitrogen and oxygen atoms in total. The van der Waals surface area contributed by atoms with Gasteiger partial charge < -0.3 is 20.0 Å². The van der Waals surface area contributed by atoms with Crippen molar-refractivity contribution in [2.45, 2.75) is 24.7 Å². The molecule has 0 amide bonds. The first-order chi connectivity index (χ1) is 11.3. The molecular formula is C15H13F3N3O3-. The maximum atomic E-state index is 13.4. The van der Waals surface area contributed by atoms with E-state index in [-0.39, 0.29) is 12.2 Å². The van der Waals surface area contributed by atoms with Crippen molar-refractivity contribution in [3.8, 4) is 5.75 Å². The molecule has 0 radical (unpaired) electrons. The number of anilines is 1. The smallest absolute Gasteiger partial charge is 0.410 e. The number of nitrogens with zero attached hydrogens (tertiary/aromatic N) is 2. The molecule has 3 rings (SSSR count). The summed E-state index contributed by atoms with van der Waals surface area (Å²) in [7, 11) is 1.49. The largest absolute Gasteiger partial charge is 0.543 e. The van der Waals surface area contributed by atoms with Crippen LogP contribution in [0, 0.1) is 0 Å². The fourth-order valence-corrected chi connectivity index (χ4v) is 2.73. The molecule has 0 fully saturated rings. The number of carbonyl (C=O) groups is 1. The second-order valence-electron chi connectivity index (χ2n) is 5.41. The lowest BCUT2D eigenvalue weighted by Crippen LogP contribution is -2.35. The van der Waals surface area contributed by atoms with E-state index in [4.69, 9.17) is 4.74 Å². The van der Waals surface area contributed by atoms with Gasteiger partial charge in [0.1, 0.15) is 17.3 Å². The van der Waals surface area contributed by atoms with Crippen molar-refractivity contribution >= 4 is 11.8 Å². The molecule has 0 spiro atoms. The van der Waals surface area contributed by atoms with Gasteiger partial charge in [-0.3, -0.25) is 0 Å². The number of aromatic nitrogens is 2. The fourth-order valence-electron chi connectivity index (χ4n) is 2.73. The van der Waals surface area contributed by atoms with Crippen LogP contribution in [0.15, 0.2) is 30.3 Å². The molecule has 1 aromatic heterocycles. The Balaban J connectivity index is 1.98. The lowest BCUT2D eigenvalue weighted by atomic mass is 9.97. The number of aromatic carboxylic acids is 1. The zero-order valence-corrected chi connectivity index (χ0v) is 12.5. The number of methoxy groups -OCH3 is 1. The average Bonchev–Trinajstić information content (AvgIpc) is 2.97. The van der Waals surface area contributed by atoms with Crippen LogP contribution in [0.4, 0.5) is 19.0 Å². The highest BCUT2D eigenvalue weighted by Crippen LogP contribution is 2.43. The first-order valence-corrected chi connectivity index (χ1v) is 7.07. The SMILES string of the molecule is COc1ccc([C@H]2C[C@H](C(F)(F)F)n3nc(C(=O)[O-])cc3N2)cc1. The number of alkyl halides is 3. The Bertz CT molecular complexity index is 756. The Morgan fingerprint density at radius 1 is 1.38 bits per heavy atom. The Morgan fingerprint density at radius 2 is 2.04 bits per heavy atom. The summed E-state index contributed by atoms with van der Waals surface area (Å²) in [5.41, 5.74) is 0.0923. The predicted octanol–water partition coefficient (Wildman–Crippen LogP) is 1.92. The van der Waals surface area contributed by atoms with Crippen LogP contribution in [-0.2, 0) is 0 Å². The molecule has 0 saturated carbocycles. The molecule has 1 aromatic carbocycles. The molecule has 2 atom stereocenters. The predicted molar refractivity (Wildman–Crippen MR) is 75.6 cm³/mol. The van der Waals surface area contributed by atoms with Gasteiger partial charge in [0.15, 0.2) is 6.04 Å². The zero-order chi connectivity index (χ0) is 17.5. The second kappa shape index (κ2) is 5.73. The number of halogens is 3. The maximum absolute atomic E-state index is 13.4. The summed E-state index contributed by atoms with van der Waals surface area (Å²) in [6.07, 6.45) is -4.87. The van der Waals surface area contributed by atoms with Crippen LogP contribution < -0.4 is 15.2 Å². The number of carbonyl (C=O) groups excluding carboxylic acids is 1. The number of hydrogen-bond acceptors (Lipinski definition) is 5. The summed E-state index contributed by atoms with van der Waals surface area (Å²) in [6.45, 7) is 0. The van der Waals surface area contributed by atoms with Gasteiger partial charge in [0, 0.05) is 12.5 Å². The minimum absolute atomic E-state index is 0.0106. The lowest BCUT2D eigenvalue weighted by molar-refractivity contribution is -0.255. The number of ether oxygens (including phenoxy) is 1. The van der Waals surface area contributed by atoms with Crippen molar-refractivity contribution in [1.29, 1.82) is 0 Å². The standard InChI is InChI=1S/C15H14F3N3O3/c1-24-9-4-2-8(3-5-9)10-6-12(15(16,17)18)21-13(19-10)7-11(20-21)14(22)23/h2-5,7,10,12,19H,6H2,1H3,(H,22,23)/p-1/t10-,12-/m1/s1. The lowest BCUT2D eigenvalue weighted by Gasteiger charge is -2.33. The normalized spacial score (nSPS) is 20.2. The number of carboxylic acid groups (broad SMARTS) is 1. The van der Waals surface area contributed by atoms with Crippen LogP contribution >= 0.6 is 0 Å². The third kappa shape index (κ3) is 2.89. The monoisotopic (exact) mass is 340 g/mol. The molecule has 24 heavy (non-hydrogen) atoms. The summed E-state index contributed by atoms with van der Waals surface area (Å²) in [6, 6.07) is 5.11. The first-order valence-electron chi connectivity index (χ1n) is 7.07. The minimum atomic E-state index is -4.56. The topological polar surface area (TPSA) is 79.2 Å². The van der Waals surface area contributed by atoms with Crippen molar-refractivity contribution < 1.29 is 27.8 Å². The number of rotatable bonds is 3. The van der Waals surface area contributed by atoms with Gasteiger partial charge >= 0.3 is 6.18 Å². The Morgan fingerprint density at radius 3 is 2.58 bits per heavy atom.